The van der Waals surface area contributed by atoms with Gasteiger partial charge in [0.15, 0.2) is 5.82 Å². The van der Waals surface area contributed by atoms with Crippen molar-refractivity contribution in [3.63, 3.8) is 0 Å². The summed E-state index contributed by atoms with van der Waals surface area (Å²) in [6.07, 6.45) is 5.08. The van der Waals surface area contributed by atoms with Crippen LogP contribution in [0.2, 0.25) is 0 Å². The van der Waals surface area contributed by atoms with Crippen molar-refractivity contribution in [2.45, 2.75) is 77.4 Å². The topological polar surface area (TPSA) is 63.0 Å². The third kappa shape index (κ3) is 3.58. The van der Waals surface area contributed by atoms with Gasteiger partial charge in [-0.25, -0.2) is 9.67 Å². The molecule has 0 aliphatic heterocycles. The highest BCUT2D eigenvalue weighted by atomic mass is 16.3. The van der Waals surface area contributed by atoms with Gasteiger partial charge in [-0.1, -0.05) is 13.8 Å². The summed E-state index contributed by atoms with van der Waals surface area (Å²) in [5.41, 5.74) is -0.232. The fraction of sp³-hybridized carbons (Fsp3) is 0.867. The predicted octanol–water partition coefficient (Wildman–Crippen LogP) is 1.86. The van der Waals surface area contributed by atoms with Crippen LogP contribution in [0.4, 0.5) is 0 Å². The van der Waals surface area contributed by atoms with E-state index in [4.69, 9.17) is 0 Å². The molecule has 1 heterocycles. The van der Waals surface area contributed by atoms with Gasteiger partial charge >= 0.3 is 0 Å². The van der Waals surface area contributed by atoms with E-state index in [-0.39, 0.29) is 18.2 Å². The number of rotatable bonds is 8. The average molecular weight is 280 g/mol. The minimum Gasteiger partial charge on any atom is -0.394 e. The standard InChI is InChI=1S/C15H28N4O/c1-5-13-16-14(6-2)19(18-13)11(3)9-15(4,10-20)17-12-7-8-12/h11-12,17,20H,5-10H2,1-4H3. The monoisotopic (exact) mass is 280 g/mol. The first-order valence-corrected chi connectivity index (χ1v) is 7.84. The SMILES string of the molecule is CCc1nc(CC)n(C(C)CC(C)(CO)NC2CC2)n1. The zero-order valence-electron chi connectivity index (χ0n) is 13.2. The molecule has 1 aliphatic carbocycles. The van der Waals surface area contributed by atoms with Crippen LogP contribution in [-0.4, -0.2) is 38.1 Å². The molecule has 1 aliphatic rings. The number of hydrogen-bond acceptors (Lipinski definition) is 4. The first kappa shape index (κ1) is 15.4. The molecule has 1 saturated carbocycles. The number of aliphatic hydroxyl groups is 1. The Bertz CT molecular complexity index is 441. The van der Waals surface area contributed by atoms with E-state index in [0.717, 1.165) is 30.9 Å². The average Bonchev–Trinajstić information content (AvgIpc) is 3.13. The Kier molecular flexibility index (Phi) is 4.81. The maximum Gasteiger partial charge on any atom is 0.150 e. The molecule has 0 radical (unpaired) electrons. The Morgan fingerprint density at radius 2 is 2.10 bits per heavy atom. The van der Waals surface area contributed by atoms with Crippen molar-refractivity contribution in [1.29, 1.82) is 0 Å². The van der Waals surface area contributed by atoms with Gasteiger partial charge in [0, 0.05) is 24.4 Å². The van der Waals surface area contributed by atoms with Crippen molar-refractivity contribution in [3.05, 3.63) is 11.6 Å². The van der Waals surface area contributed by atoms with Crippen LogP contribution in [0, 0.1) is 0 Å². The summed E-state index contributed by atoms with van der Waals surface area (Å²) in [5, 5.41) is 17.9. The zero-order valence-corrected chi connectivity index (χ0v) is 13.2. The van der Waals surface area contributed by atoms with Gasteiger partial charge in [-0.05, 0) is 33.1 Å². The Morgan fingerprint density at radius 1 is 1.40 bits per heavy atom. The predicted molar refractivity (Wildman–Crippen MR) is 79.8 cm³/mol. The van der Waals surface area contributed by atoms with E-state index < -0.39 is 0 Å². The second-order valence-corrected chi connectivity index (χ2v) is 6.29. The molecule has 0 saturated heterocycles. The van der Waals surface area contributed by atoms with Gasteiger partial charge < -0.3 is 10.4 Å². The maximum absolute atomic E-state index is 9.73. The number of hydrogen-bond donors (Lipinski definition) is 2. The molecule has 5 heteroatoms. The van der Waals surface area contributed by atoms with Crippen molar-refractivity contribution < 1.29 is 5.11 Å². The number of nitrogens with one attached hydrogen (secondary N) is 1. The fourth-order valence-electron chi connectivity index (χ4n) is 2.78. The van der Waals surface area contributed by atoms with E-state index in [2.05, 4.69) is 43.1 Å². The smallest absolute Gasteiger partial charge is 0.150 e. The van der Waals surface area contributed by atoms with Crippen molar-refractivity contribution in [3.8, 4) is 0 Å². The highest BCUT2D eigenvalue weighted by Gasteiger charge is 2.34. The summed E-state index contributed by atoms with van der Waals surface area (Å²) >= 11 is 0. The number of nitrogens with zero attached hydrogens (tertiary/aromatic N) is 3. The first-order chi connectivity index (χ1) is 9.51. The van der Waals surface area contributed by atoms with Gasteiger partial charge in [-0.15, -0.1) is 0 Å². The Balaban J connectivity index is 2.09. The summed E-state index contributed by atoms with van der Waals surface area (Å²) < 4.78 is 2.04. The molecule has 0 spiro atoms. The second kappa shape index (κ2) is 6.22. The van der Waals surface area contributed by atoms with Gasteiger partial charge in [0.2, 0.25) is 0 Å². The summed E-state index contributed by atoms with van der Waals surface area (Å²) in [5.74, 6) is 1.95. The van der Waals surface area contributed by atoms with Gasteiger partial charge in [-0.2, -0.15) is 5.10 Å². The molecular formula is C15H28N4O. The third-order valence-corrected chi connectivity index (χ3v) is 4.02. The number of aliphatic hydroxyl groups excluding tert-OH is 1. The first-order valence-electron chi connectivity index (χ1n) is 7.84. The van der Waals surface area contributed by atoms with Crippen LogP contribution < -0.4 is 5.32 Å². The van der Waals surface area contributed by atoms with Crippen LogP contribution >= 0.6 is 0 Å². The van der Waals surface area contributed by atoms with E-state index in [1.807, 2.05) is 4.68 Å². The lowest BCUT2D eigenvalue weighted by Crippen LogP contribution is -2.48. The fourth-order valence-corrected chi connectivity index (χ4v) is 2.78. The van der Waals surface area contributed by atoms with Crippen molar-refractivity contribution in [2.24, 2.45) is 0 Å². The Morgan fingerprint density at radius 3 is 2.60 bits per heavy atom. The molecule has 0 aromatic carbocycles. The Hall–Kier alpha value is -0.940. The van der Waals surface area contributed by atoms with E-state index in [1.165, 1.54) is 12.8 Å². The quantitative estimate of drug-likeness (QED) is 0.763. The molecular weight excluding hydrogens is 252 g/mol. The van der Waals surface area contributed by atoms with Crippen molar-refractivity contribution >= 4 is 0 Å². The zero-order chi connectivity index (χ0) is 14.8. The van der Waals surface area contributed by atoms with Gasteiger partial charge in [0.05, 0.1) is 12.6 Å². The van der Waals surface area contributed by atoms with E-state index in [1.54, 1.807) is 0 Å². The number of aromatic nitrogens is 3. The normalized spacial score (nSPS) is 19.9. The lowest BCUT2D eigenvalue weighted by atomic mass is 9.94. The third-order valence-electron chi connectivity index (χ3n) is 4.02. The molecule has 5 nitrogen and oxygen atoms in total. The van der Waals surface area contributed by atoms with Crippen LogP contribution in [0.5, 0.6) is 0 Å². The molecule has 20 heavy (non-hydrogen) atoms. The molecule has 2 N–H and O–H groups in total. The molecule has 2 rings (SSSR count). The molecule has 0 bridgehead atoms. The van der Waals surface area contributed by atoms with Crippen molar-refractivity contribution in [1.82, 2.24) is 20.1 Å². The Labute approximate surface area is 121 Å². The minimum atomic E-state index is -0.232. The lowest BCUT2D eigenvalue weighted by molar-refractivity contribution is 0.146. The van der Waals surface area contributed by atoms with E-state index in [9.17, 15) is 5.11 Å². The maximum atomic E-state index is 9.73. The largest absolute Gasteiger partial charge is 0.394 e. The van der Waals surface area contributed by atoms with Gasteiger partial charge in [0.1, 0.15) is 5.82 Å². The summed E-state index contributed by atoms with van der Waals surface area (Å²) in [6, 6.07) is 0.827. The lowest BCUT2D eigenvalue weighted by Gasteiger charge is -2.32. The van der Waals surface area contributed by atoms with Crippen LogP contribution in [-0.2, 0) is 12.8 Å². The van der Waals surface area contributed by atoms with Gasteiger partial charge in [0.25, 0.3) is 0 Å². The second-order valence-electron chi connectivity index (χ2n) is 6.29. The molecule has 1 aromatic heterocycles. The van der Waals surface area contributed by atoms with Crippen LogP contribution in [0.3, 0.4) is 0 Å². The summed E-state index contributed by atoms with van der Waals surface area (Å²) in [6.45, 7) is 8.61. The highest BCUT2D eigenvalue weighted by molar-refractivity contribution is 4.98. The van der Waals surface area contributed by atoms with Crippen molar-refractivity contribution in [2.75, 3.05) is 6.61 Å². The molecule has 0 amide bonds. The molecule has 1 aromatic rings. The molecule has 1 fully saturated rings. The van der Waals surface area contributed by atoms with Crippen LogP contribution in [0.1, 0.15) is 64.6 Å². The molecule has 2 atom stereocenters. The van der Waals surface area contributed by atoms with Crippen LogP contribution in [0.15, 0.2) is 0 Å². The highest BCUT2D eigenvalue weighted by Crippen LogP contribution is 2.27. The minimum absolute atomic E-state index is 0.157. The molecule has 2 unspecified atom stereocenters. The van der Waals surface area contributed by atoms with Crippen LogP contribution in [0.25, 0.3) is 0 Å². The summed E-state index contributed by atoms with van der Waals surface area (Å²) in [7, 11) is 0. The van der Waals surface area contributed by atoms with Gasteiger partial charge in [-0.3, -0.25) is 0 Å². The number of aryl methyl sites for hydroxylation is 2. The van der Waals surface area contributed by atoms with E-state index >= 15 is 0 Å². The van der Waals surface area contributed by atoms with E-state index in [0.29, 0.717) is 6.04 Å². The summed E-state index contributed by atoms with van der Waals surface area (Å²) in [4.78, 5) is 4.57. The molecule has 114 valence electrons.